The van der Waals surface area contributed by atoms with E-state index in [1.54, 1.807) is 6.92 Å². The predicted octanol–water partition coefficient (Wildman–Crippen LogP) is 1.79. The number of nitrogens with two attached hydrogens (primary N) is 1. The number of hydrogen-bond donors (Lipinski definition) is 1. The Balaban J connectivity index is 2.71. The van der Waals surface area contributed by atoms with Gasteiger partial charge < -0.3 is 15.2 Å². The third kappa shape index (κ3) is 3.99. The van der Waals surface area contributed by atoms with Crippen LogP contribution in [-0.4, -0.2) is 25.2 Å². The van der Waals surface area contributed by atoms with Gasteiger partial charge in [-0.3, -0.25) is 0 Å². The minimum Gasteiger partial charge on any atom is -0.462 e. The minimum atomic E-state index is -3.41. The SMILES string of the molecule is CCOC(=O)c1ccc(OC(F)(F)CN)cc1. The highest BCUT2D eigenvalue weighted by Gasteiger charge is 2.29. The highest BCUT2D eigenvalue weighted by atomic mass is 19.3. The van der Waals surface area contributed by atoms with Gasteiger partial charge >= 0.3 is 12.1 Å². The van der Waals surface area contributed by atoms with Crippen LogP contribution in [0, 0.1) is 0 Å². The summed E-state index contributed by atoms with van der Waals surface area (Å²) in [4.78, 5) is 11.3. The van der Waals surface area contributed by atoms with Gasteiger partial charge in [0.1, 0.15) is 5.75 Å². The van der Waals surface area contributed by atoms with E-state index in [9.17, 15) is 13.6 Å². The third-order valence-corrected chi connectivity index (χ3v) is 1.87. The Morgan fingerprint density at radius 3 is 2.41 bits per heavy atom. The molecule has 1 aromatic rings. The molecule has 0 spiro atoms. The maximum Gasteiger partial charge on any atom is 0.410 e. The zero-order valence-corrected chi connectivity index (χ0v) is 9.28. The van der Waals surface area contributed by atoms with Crippen LogP contribution in [0.4, 0.5) is 8.78 Å². The van der Waals surface area contributed by atoms with Gasteiger partial charge in [-0.1, -0.05) is 0 Å². The molecule has 0 fully saturated rings. The van der Waals surface area contributed by atoms with Crippen molar-refractivity contribution in [3.8, 4) is 5.75 Å². The summed E-state index contributed by atoms with van der Waals surface area (Å²) in [5.41, 5.74) is 5.10. The molecule has 1 aromatic carbocycles. The normalized spacial score (nSPS) is 11.1. The molecule has 0 radical (unpaired) electrons. The van der Waals surface area contributed by atoms with E-state index in [-0.39, 0.29) is 17.9 Å². The zero-order valence-electron chi connectivity index (χ0n) is 9.28. The molecule has 0 unspecified atom stereocenters. The lowest BCUT2D eigenvalue weighted by Gasteiger charge is -2.15. The molecule has 0 saturated carbocycles. The number of carbonyl (C=O) groups is 1. The molecule has 1 rings (SSSR count). The summed E-state index contributed by atoms with van der Waals surface area (Å²) in [6.45, 7) is 1.02. The molecule has 17 heavy (non-hydrogen) atoms. The fourth-order valence-corrected chi connectivity index (χ4v) is 1.09. The zero-order chi connectivity index (χ0) is 12.9. The summed E-state index contributed by atoms with van der Waals surface area (Å²) in [7, 11) is 0. The molecular weight excluding hydrogens is 232 g/mol. The molecule has 4 nitrogen and oxygen atoms in total. The van der Waals surface area contributed by atoms with Crippen LogP contribution in [0.1, 0.15) is 17.3 Å². The molecule has 2 N–H and O–H groups in total. The Kier molecular flexibility index (Phi) is 4.39. The van der Waals surface area contributed by atoms with Crippen LogP contribution in [-0.2, 0) is 4.74 Å². The Morgan fingerprint density at radius 1 is 1.35 bits per heavy atom. The largest absolute Gasteiger partial charge is 0.462 e. The summed E-state index contributed by atoms with van der Waals surface area (Å²) < 4.78 is 34.6. The predicted molar refractivity (Wildman–Crippen MR) is 57.0 cm³/mol. The van der Waals surface area contributed by atoms with Crippen molar-refractivity contribution in [3.63, 3.8) is 0 Å². The lowest BCUT2D eigenvalue weighted by atomic mass is 10.2. The van der Waals surface area contributed by atoms with E-state index in [1.165, 1.54) is 24.3 Å². The van der Waals surface area contributed by atoms with E-state index in [2.05, 4.69) is 4.74 Å². The van der Waals surface area contributed by atoms with E-state index >= 15 is 0 Å². The lowest BCUT2D eigenvalue weighted by molar-refractivity contribution is -0.166. The molecule has 6 heteroatoms. The van der Waals surface area contributed by atoms with Crippen molar-refractivity contribution < 1.29 is 23.0 Å². The fourth-order valence-electron chi connectivity index (χ4n) is 1.09. The quantitative estimate of drug-likeness (QED) is 0.803. The van der Waals surface area contributed by atoms with Crippen molar-refractivity contribution in [2.75, 3.05) is 13.2 Å². The Hall–Kier alpha value is -1.69. The van der Waals surface area contributed by atoms with Gasteiger partial charge in [-0.25, -0.2) is 4.79 Å². The summed E-state index contributed by atoms with van der Waals surface area (Å²) in [6, 6.07) is 5.21. The number of halogens is 2. The van der Waals surface area contributed by atoms with E-state index < -0.39 is 18.6 Å². The summed E-state index contributed by atoms with van der Waals surface area (Å²) in [5.74, 6) is -0.571. The Bertz CT molecular complexity index is 379. The van der Waals surface area contributed by atoms with E-state index in [0.29, 0.717) is 0 Å². The minimum absolute atomic E-state index is 0.0616. The van der Waals surface area contributed by atoms with Crippen LogP contribution < -0.4 is 10.5 Å². The molecule has 0 heterocycles. The van der Waals surface area contributed by atoms with Gasteiger partial charge in [0.05, 0.1) is 18.7 Å². The highest BCUT2D eigenvalue weighted by molar-refractivity contribution is 5.89. The van der Waals surface area contributed by atoms with Gasteiger partial charge in [0.2, 0.25) is 0 Å². The molecule has 0 aromatic heterocycles. The standard InChI is InChI=1S/C11H13F2NO3/c1-2-16-10(15)8-3-5-9(6-4-8)17-11(12,13)7-14/h3-6H,2,7,14H2,1H3. The number of ether oxygens (including phenoxy) is 2. The van der Waals surface area contributed by atoms with Gasteiger partial charge in [0, 0.05) is 0 Å². The molecule has 0 saturated heterocycles. The number of alkyl halides is 2. The average molecular weight is 245 g/mol. The second kappa shape index (κ2) is 5.58. The van der Waals surface area contributed by atoms with Gasteiger partial charge in [-0.2, -0.15) is 8.78 Å². The first-order valence-electron chi connectivity index (χ1n) is 5.02. The summed E-state index contributed by atoms with van der Waals surface area (Å²) >= 11 is 0. The van der Waals surface area contributed by atoms with Gasteiger partial charge in [-0.05, 0) is 31.2 Å². The van der Waals surface area contributed by atoms with Crippen molar-refractivity contribution in [1.29, 1.82) is 0 Å². The van der Waals surface area contributed by atoms with Gasteiger partial charge in [-0.15, -0.1) is 0 Å². The first kappa shape index (κ1) is 13.4. The van der Waals surface area contributed by atoms with Crippen LogP contribution in [0.2, 0.25) is 0 Å². The lowest BCUT2D eigenvalue weighted by Crippen LogP contribution is -2.34. The maximum absolute atomic E-state index is 12.8. The first-order valence-corrected chi connectivity index (χ1v) is 5.02. The van der Waals surface area contributed by atoms with Gasteiger partial charge in [0.25, 0.3) is 0 Å². The van der Waals surface area contributed by atoms with E-state index in [1.807, 2.05) is 0 Å². The fraction of sp³-hybridized carbons (Fsp3) is 0.364. The monoisotopic (exact) mass is 245 g/mol. The van der Waals surface area contributed by atoms with E-state index in [0.717, 1.165) is 0 Å². The number of hydrogen-bond acceptors (Lipinski definition) is 4. The van der Waals surface area contributed by atoms with Crippen molar-refractivity contribution in [3.05, 3.63) is 29.8 Å². The highest BCUT2D eigenvalue weighted by Crippen LogP contribution is 2.21. The van der Waals surface area contributed by atoms with Crippen LogP contribution >= 0.6 is 0 Å². The van der Waals surface area contributed by atoms with Crippen LogP contribution in [0.25, 0.3) is 0 Å². The van der Waals surface area contributed by atoms with Crippen LogP contribution in [0.5, 0.6) is 5.75 Å². The van der Waals surface area contributed by atoms with Gasteiger partial charge in [0.15, 0.2) is 0 Å². The Labute approximate surface area is 97.3 Å². The molecule has 0 bridgehead atoms. The third-order valence-electron chi connectivity index (χ3n) is 1.87. The molecule has 0 amide bonds. The summed E-state index contributed by atoms with van der Waals surface area (Å²) in [6.07, 6.45) is -3.41. The molecule has 0 aliphatic heterocycles. The Morgan fingerprint density at radius 2 is 1.94 bits per heavy atom. The molecule has 94 valence electrons. The molecule has 0 aliphatic rings. The van der Waals surface area contributed by atoms with Crippen LogP contribution in [0.3, 0.4) is 0 Å². The summed E-state index contributed by atoms with van der Waals surface area (Å²) in [5, 5.41) is 0. The van der Waals surface area contributed by atoms with Crippen molar-refractivity contribution in [1.82, 2.24) is 0 Å². The second-order valence-corrected chi connectivity index (χ2v) is 3.19. The molecular formula is C11H13F2NO3. The molecule has 0 aliphatic carbocycles. The van der Waals surface area contributed by atoms with Crippen molar-refractivity contribution >= 4 is 5.97 Å². The number of rotatable bonds is 5. The molecule has 0 atom stereocenters. The van der Waals surface area contributed by atoms with Crippen molar-refractivity contribution in [2.24, 2.45) is 5.73 Å². The number of esters is 1. The van der Waals surface area contributed by atoms with Crippen LogP contribution in [0.15, 0.2) is 24.3 Å². The smallest absolute Gasteiger partial charge is 0.410 e. The van der Waals surface area contributed by atoms with Crippen molar-refractivity contribution in [2.45, 2.75) is 13.0 Å². The maximum atomic E-state index is 12.8. The topological polar surface area (TPSA) is 61.5 Å². The average Bonchev–Trinajstić information content (AvgIpc) is 2.30. The number of benzene rings is 1. The second-order valence-electron chi connectivity index (χ2n) is 3.19. The van der Waals surface area contributed by atoms with E-state index in [4.69, 9.17) is 10.5 Å². The first-order chi connectivity index (χ1) is 7.98. The number of carbonyl (C=O) groups excluding carboxylic acids is 1.